The molecule has 0 aliphatic heterocycles. The molecule has 17 heavy (non-hydrogen) atoms. The second-order valence-corrected chi connectivity index (χ2v) is 19.6. The number of halogens is 3. The Kier molecular flexibility index (Phi) is 21.1. The van der Waals surface area contributed by atoms with Crippen molar-refractivity contribution < 1.29 is 13.3 Å². The Bertz CT molecular complexity index is 233. The molecule has 0 aliphatic rings. The number of hydrogen-bond acceptors (Lipinski definition) is 1. The molecule has 0 fully saturated rings. The standard InChI is InChI=1S/C9H13N.C4H10.I3/c1-3-8-6-5-7-9(4-2)10-8;1-3-4-2;1-3-2/h5-7H,3-4H2,1-2H3;3-4H2,1-2H3;/q;;-1. The van der Waals surface area contributed by atoms with Crippen LogP contribution in [0.4, 0.5) is 0 Å². The van der Waals surface area contributed by atoms with Gasteiger partial charge in [-0.1, -0.05) is 46.6 Å². The van der Waals surface area contributed by atoms with E-state index in [2.05, 4.69) is 88.1 Å². The Hall–Kier alpha value is 1.34. The molecule has 0 bridgehead atoms. The quantitative estimate of drug-likeness (QED) is 0.507. The van der Waals surface area contributed by atoms with Crippen LogP contribution in [-0.2, 0) is 12.8 Å². The normalized spacial score (nSPS) is 8.82. The van der Waals surface area contributed by atoms with Crippen molar-refractivity contribution >= 4 is 37.2 Å². The summed E-state index contributed by atoms with van der Waals surface area (Å²) in [7, 11) is 0. The average molecular weight is 574 g/mol. The summed E-state index contributed by atoms with van der Waals surface area (Å²) >= 11 is 5.30. The number of rotatable bonds is 3. The van der Waals surface area contributed by atoms with Gasteiger partial charge in [0.1, 0.15) is 0 Å². The maximum absolute atomic E-state index is 4.41. The second-order valence-electron chi connectivity index (χ2n) is 3.38. The molecular weight excluding hydrogens is 551 g/mol. The van der Waals surface area contributed by atoms with Crippen molar-refractivity contribution in [3.05, 3.63) is 29.6 Å². The summed E-state index contributed by atoms with van der Waals surface area (Å²) in [6, 6.07) is 6.21. The van der Waals surface area contributed by atoms with E-state index < -0.39 is 0 Å². The third-order valence-corrected chi connectivity index (χ3v) is 2.09. The first-order chi connectivity index (χ1) is 8.19. The number of aryl methyl sites for hydroxylation is 2. The number of pyridine rings is 1. The summed E-state index contributed by atoms with van der Waals surface area (Å²) in [4.78, 5) is 4.41. The predicted molar refractivity (Wildman–Crippen MR) is 91.6 cm³/mol. The Labute approximate surface area is 137 Å². The molecule has 0 radical (unpaired) electrons. The number of hydrogen-bond donors (Lipinski definition) is 0. The minimum absolute atomic E-state index is 0.530. The first-order valence-corrected chi connectivity index (χ1v) is 18.6. The first-order valence-electron chi connectivity index (χ1n) is 6.01. The van der Waals surface area contributed by atoms with E-state index in [1.165, 1.54) is 24.2 Å². The molecule has 4 heteroatoms. The molecule has 0 N–H and O–H groups in total. The summed E-state index contributed by atoms with van der Waals surface area (Å²) in [6.07, 6.45) is 4.71. The van der Waals surface area contributed by atoms with Gasteiger partial charge in [-0.25, -0.2) is 0 Å². The minimum atomic E-state index is 0.530. The van der Waals surface area contributed by atoms with Crippen LogP contribution in [0.15, 0.2) is 18.2 Å². The summed E-state index contributed by atoms with van der Waals surface area (Å²) < 4.78 is 0. The van der Waals surface area contributed by atoms with E-state index >= 15 is 0 Å². The third kappa shape index (κ3) is 15.3. The monoisotopic (exact) mass is 574 g/mol. The predicted octanol–water partition coefficient (Wildman–Crippen LogP) is 2.79. The van der Waals surface area contributed by atoms with Crippen LogP contribution >= 0.6 is 37.2 Å². The zero-order chi connectivity index (χ0) is 13.5. The summed E-state index contributed by atoms with van der Waals surface area (Å²) in [5, 5.41) is 0. The van der Waals surface area contributed by atoms with E-state index in [1.807, 2.05) is 0 Å². The van der Waals surface area contributed by atoms with Gasteiger partial charge in [-0.15, -0.1) is 0 Å². The topological polar surface area (TPSA) is 12.9 Å². The maximum atomic E-state index is 4.41. The van der Waals surface area contributed by atoms with Gasteiger partial charge in [0.05, 0.1) is 0 Å². The van der Waals surface area contributed by atoms with Gasteiger partial charge < -0.3 is 0 Å². The SMILES string of the molecule is CCCC.CCc1cccc(CC)n1.I[I-]I. The van der Waals surface area contributed by atoms with E-state index in [0.29, 0.717) is 13.3 Å². The first kappa shape index (κ1) is 20.7. The van der Waals surface area contributed by atoms with Gasteiger partial charge in [-0.2, -0.15) is 0 Å². The molecule has 0 spiro atoms. The summed E-state index contributed by atoms with van der Waals surface area (Å²) in [6.45, 7) is 8.61. The van der Waals surface area contributed by atoms with Gasteiger partial charge in [-0.05, 0) is 25.0 Å². The summed E-state index contributed by atoms with van der Waals surface area (Å²) in [5.41, 5.74) is 2.39. The third-order valence-electron chi connectivity index (χ3n) is 2.09. The molecule has 0 amide bonds. The van der Waals surface area contributed by atoms with Gasteiger partial charge in [-0.3, -0.25) is 4.98 Å². The molecule has 1 rings (SSSR count). The fourth-order valence-corrected chi connectivity index (χ4v) is 0.923. The molecule has 1 nitrogen and oxygen atoms in total. The zero-order valence-corrected chi connectivity index (χ0v) is 17.6. The van der Waals surface area contributed by atoms with Gasteiger partial charge >= 0.3 is 50.5 Å². The molecule has 0 atom stereocenters. The van der Waals surface area contributed by atoms with Crippen molar-refractivity contribution in [1.29, 1.82) is 0 Å². The summed E-state index contributed by atoms with van der Waals surface area (Å²) in [5.74, 6) is 0. The van der Waals surface area contributed by atoms with Gasteiger partial charge in [0.15, 0.2) is 0 Å². The Balaban J connectivity index is 0. The van der Waals surface area contributed by atoms with Gasteiger partial charge in [0.2, 0.25) is 0 Å². The number of unbranched alkanes of at least 4 members (excludes halogenated alkanes) is 1. The van der Waals surface area contributed by atoms with Crippen LogP contribution < -0.4 is 13.3 Å². The van der Waals surface area contributed by atoms with E-state index in [0.717, 1.165) is 12.8 Å². The van der Waals surface area contributed by atoms with Crippen molar-refractivity contribution in [2.45, 2.75) is 53.4 Å². The fourth-order valence-electron chi connectivity index (χ4n) is 0.923. The zero-order valence-electron chi connectivity index (χ0n) is 11.1. The van der Waals surface area contributed by atoms with Crippen molar-refractivity contribution in [1.82, 2.24) is 4.98 Å². The Morgan fingerprint density at radius 2 is 1.29 bits per heavy atom. The molecule has 0 aliphatic carbocycles. The van der Waals surface area contributed by atoms with Gasteiger partial charge in [0.25, 0.3) is 0 Å². The number of aromatic nitrogens is 1. The molecule has 1 aromatic rings. The molecule has 102 valence electrons. The van der Waals surface area contributed by atoms with Crippen molar-refractivity contribution in [2.24, 2.45) is 0 Å². The molecule has 0 aromatic carbocycles. The van der Waals surface area contributed by atoms with Crippen LogP contribution in [-0.4, -0.2) is 4.98 Å². The molecule has 0 unspecified atom stereocenters. The van der Waals surface area contributed by atoms with Crippen LogP contribution in [0.5, 0.6) is 0 Å². The van der Waals surface area contributed by atoms with E-state index in [4.69, 9.17) is 0 Å². The average Bonchev–Trinajstić information content (AvgIpc) is 2.40. The van der Waals surface area contributed by atoms with Crippen molar-refractivity contribution in [2.75, 3.05) is 0 Å². The molecular formula is C13H23I3N-. The molecule has 1 heterocycles. The van der Waals surface area contributed by atoms with Gasteiger partial charge in [0, 0.05) is 11.4 Å². The van der Waals surface area contributed by atoms with E-state index in [-0.39, 0.29) is 0 Å². The van der Waals surface area contributed by atoms with Crippen LogP contribution in [0.2, 0.25) is 0 Å². The van der Waals surface area contributed by atoms with E-state index in [1.54, 1.807) is 0 Å². The van der Waals surface area contributed by atoms with Crippen LogP contribution in [0, 0.1) is 0 Å². The molecule has 0 saturated heterocycles. The Morgan fingerprint density at radius 3 is 1.53 bits per heavy atom. The van der Waals surface area contributed by atoms with Crippen molar-refractivity contribution in [3.8, 4) is 0 Å². The van der Waals surface area contributed by atoms with Crippen molar-refractivity contribution in [3.63, 3.8) is 0 Å². The van der Waals surface area contributed by atoms with E-state index in [9.17, 15) is 0 Å². The molecule has 1 aromatic heterocycles. The van der Waals surface area contributed by atoms with Crippen LogP contribution in [0.3, 0.4) is 0 Å². The fraction of sp³-hybridized carbons (Fsp3) is 0.615. The molecule has 0 saturated carbocycles. The second kappa shape index (κ2) is 17.3. The Morgan fingerprint density at radius 1 is 0.941 bits per heavy atom. The van der Waals surface area contributed by atoms with Crippen LogP contribution in [0.25, 0.3) is 0 Å². The van der Waals surface area contributed by atoms with Crippen LogP contribution in [0.1, 0.15) is 51.9 Å². The number of nitrogens with zero attached hydrogens (tertiary/aromatic N) is 1.